The van der Waals surface area contributed by atoms with Crippen molar-refractivity contribution in [1.29, 1.82) is 0 Å². The zero-order chi connectivity index (χ0) is 19.4. The number of hydrogen-bond acceptors (Lipinski definition) is 4. The second kappa shape index (κ2) is 8.69. The van der Waals surface area contributed by atoms with Crippen LogP contribution in [0.4, 0.5) is 0 Å². The van der Waals surface area contributed by atoms with Crippen LogP contribution >= 0.6 is 34.8 Å². The van der Waals surface area contributed by atoms with Crippen molar-refractivity contribution in [3.8, 4) is 5.75 Å². The Morgan fingerprint density at radius 2 is 2.04 bits per heavy atom. The number of nitrogens with zero attached hydrogens (tertiary/aromatic N) is 2. The minimum Gasteiger partial charge on any atom is -0.484 e. The Kier molecular flexibility index (Phi) is 6.31. The van der Waals surface area contributed by atoms with Crippen LogP contribution < -0.4 is 10.1 Å². The van der Waals surface area contributed by atoms with Crippen LogP contribution in [0.5, 0.6) is 5.75 Å². The van der Waals surface area contributed by atoms with E-state index < -0.39 is 0 Å². The summed E-state index contributed by atoms with van der Waals surface area (Å²) in [4.78, 5) is 12.2. The Balaban J connectivity index is 1.57. The first kappa shape index (κ1) is 19.6. The topological polar surface area (TPSA) is 69.3 Å². The maximum Gasteiger partial charge on any atom is 0.287 e. The van der Waals surface area contributed by atoms with Gasteiger partial charge < -0.3 is 14.5 Å². The van der Waals surface area contributed by atoms with Crippen molar-refractivity contribution in [2.45, 2.75) is 26.6 Å². The van der Waals surface area contributed by atoms with Gasteiger partial charge in [-0.3, -0.25) is 9.48 Å². The highest BCUT2D eigenvalue weighted by molar-refractivity contribution is 6.42. The number of benzene rings is 1. The SMILES string of the molecule is CCn1cc(Cl)c(CNC(=O)c2ccc(COc3cccc(Cl)c3Cl)o2)n1. The van der Waals surface area contributed by atoms with E-state index in [-0.39, 0.29) is 24.8 Å². The molecule has 6 nitrogen and oxygen atoms in total. The van der Waals surface area contributed by atoms with Crippen molar-refractivity contribution >= 4 is 40.7 Å². The zero-order valence-corrected chi connectivity index (χ0v) is 16.6. The van der Waals surface area contributed by atoms with Gasteiger partial charge in [-0.25, -0.2) is 0 Å². The first-order valence-corrected chi connectivity index (χ1v) is 9.27. The average Bonchev–Trinajstić information content (AvgIpc) is 3.27. The molecule has 1 aromatic carbocycles. The lowest BCUT2D eigenvalue weighted by atomic mass is 10.3. The summed E-state index contributed by atoms with van der Waals surface area (Å²) in [6, 6.07) is 8.33. The van der Waals surface area contributed by atoms with Crippen LogP contribution in [0.25, 0.3) is 0 Å². The number of furan rings is 1. The first-order valence-electron chi connectivity index (χ1n) is 8.13. The fourth-order valence-electron chi connectivity index (χ4n) is 2.29. The number of aromatic nitrogens is 2. The molecule has 142 valence electrons. The first-order chi connectivity index (χ1) is 13.0. The molecule has 0 aliphatic rings. The molecule has 0 saturated heterocycles. The lowest BCUT2D eigenvalue weighted by Crippen LogP contribution is -2.22. The van der Waals surface area contributed by atoms with Gasteiger partial charge >= 0.3 is 0 Å². The predicted octanol–water partition coefficient (Wildman–Crippen LogP) is 4.97. The number of halogens is 3. The Hall–Kier alpha value is -2.15. The van der Waals surface area contributed by atoms with Crippen LogP contribution in [0.3, 0.4) is 0 Å². The van der Waals surface area contributed by atoms with Gasteiger partial charge in [-0.05, 0) is 31.2 Å². The van der Waals surface area contributed by atoms with E-state index in [9.17, 15) is 4.79 Å². The number of rotatable bonds is 7. The number of hydrogen-bond donors (Lipinski definition) is 1. The fraction of sp³-hybridized carbons (Fsp3) is 0.222. The monoisotopic (exact) mass is 427 g/mol. The van der Waals surface area contributed by atoms with E-state index in [0.29, 0.717) is 38.8 Å². The highest BCUT2D eigenvalue weighted by atomic mass is 35.5. The molecule has 0 spiro atoms. The molecule has 1 N–H and O–H groups in total. The van der Waals surface area contributed by atoms with E-state index in [0.717, 1.165) is 0 Å². The minimum absolute atomic E-state index is 0.111. The molecular formula is C18H16Cl3N3O3. The third kappa shape index (κ3) is 4.77. The second-order valence-corrected chi connectivity index (χ2v) is 6.76. The molecule has 3 rings (SSSR count). The Bertz CT molecular complexity index is 952. The van der Waals surface area contributed by atoms with Gasteiger partial charge in [0.2, 0.25) is 0 Å². The summed E-state index contributed by atoms with van der Waals surface area (Å²) < 4.78 is 12.8. The molecule has 2 aromatic heterocycles. The molecule has 0 fully saturated rings. The van der Waals surface area contributed by atoms with Crippen LogP contribution in [0.2, 0.25) is 15.1 Å². The number of aryl methyl sites for hydroxylation is 1. The van der Waals surface area contributed by atoms with Gasteiger partial charge in [0.1, 0.15) is 28.8 Å². The van der Waals surface area contributed by atoms with Crippen LogP contribution in [0, 0.1) is 0 Å². The van der Waals surface area contributed by atoms with Crippen LogP contribution in [0.1, 0.15) is 28.9 Å². The zero-order valence-electron chi connectivity index (χ0n) is 14.3. The molecule has 27 heavy (non-hydrogen) atoms. The summed E-state index contributed by atoms with van der Waals surface area (Å²) in [7, 11) is 0. The number of nitrogens with one attached hydrogen (secondary N) is 1. The number of carbonyl (C=O) groups is 1. The Morgan fingerprint density at radius 1 is 1.22 bits per heavy atom. The van der Waals surface area contributed by atoms with Gasteiger partial charge in [-0.2, -0.15) is 5.10 Å². The van der Waals surface area contributed by atoms with Crippen molar-refractivity contribution in [2.24, 2.45) is 0 Å². The maximum atomic E-state index is 12.2. The van der Waals surface area contributed by atoms with Crippen molar-refractivity contribution in [3.05, 3.63) is 68.8 Å². The molecule has 0 saturated carbocycles. The van der Waals surface area contributed by atoms with Gasteiger partial charge in [0, 0.05) is 12.7 Å². The van der Waals surface area contributed by atoms with E-state index in [2.05, 4.69) is 10.4 Å². The molecule has 0 unspecified atom stereocenters. The minimum atomic E-state index is -0.371. The molecule has 0 aliphatic carbocycles. The summed E-state index contributed by atoms with van der Waals surface area (Å²) in [6.07, 6.45) is 1.71. The molecule has 0 radical (unpaired) electrons. The average molecular weight is 429 g/mol. The number of carbonyl (C=O) groups excluding carboxylic acids is 1. The summed E-state index contributed by atoms with van der Waals surface area (Å²) in [5.74, 6) is 0.707. The van der Waals surface area contributed by atoms with Gasteiger partial charge in [0.25, 0.3) is 5.91 Å². The summed E-state index contributed by atoms with van der Waals surface area (Å²) >= 11 is 18.1. The van der Waals surface area contributed by atoms with E-state index >= 15 is 0 Å². The van der Waals surface area contributed by atoms with E-state index in [1.54, 1.807) is 41.2 Å². The van der Waals surface area contributed by atoms with Crippen LogP contribution in [0.15, 0.2) is 40.9 Å². The molecule has 2 heterocycles. The standard InChI is InChI=1S/C18H16Cl3N3O3/c1-2-24-9-13(20)14(23-24)8-22-18(25)16-7-6-11(27-16)10-26-15-5-3-4-12(19)17(15)21/h3-7,9H,2,8,10H2,1H3,(H,22,25). The van der Waals surface area contributed by atoms with Gasteiger partial charge in [0.05, 0.1) is 16.6 Å². The normalized spacial score (nSPS) is 10.8. The third-order valence-electron chi connectivity index (χ3n) is 3.70. The summed E-state index contributed by atoms with van der Waals surface area (Å²) in [5, 5.41) is 8.23. The summed E-state index contributed by atoms with van der Waals surface area (Å²) in [6.45, 7) is 2.97. The molecule has 3 aromatic rings. The lowest BCUT2D eigenvalue weighted by Gasteiger charge is -2.07. The van der Waals surface area contributed by atoms with E-state index in [1.165, 1.54) is 0 Å². The number of amides is 1. The van der Waals surface area contributed by atoms with Crippen molar-refractivity contribution < 1.29 is 13.9 Å². The Labute approximate surface area is 171 Å². The molecule has 0 atom stereocenters. The summed E-state index contributed by atoms with van der Waals surface area (Å²) in [5.41, 5.74) is 0.595. The van der Waals surface area contributed by atoms with Crippen LogP contribution in [-0.2, 0) is 19.7 Å². The fourth-order valence-corrected chi connectivity index (χ4v) is 2.86. The molecular weight excluding hydrogens is 413 g/mol. The van der Waals surface area contributed by atoms with Crippen molar-refractivity contribution in [3.63, 3.8) is 0 Å². The molecule has 0 aliphatic heterocycles. The maximum absolute atomic E-state index is 12.2. The molecule has 1 amide bonds. The second-order valence-electron chi connectivity index (χ2n) is 5.57. The van der Waals surface area contributed by atoms with E-state index in [4.69, 9.17) is 44.0 Å². The highest BCUT2D eigenvalue weighted by Crippen LogP contribution is 2.32. The molecule has 9 heteroatoms. The smallest absolute Gasteiger partial charge is 0.287 e. The highest BCUT2D eigenvalue weighted by Gasteiger charge is 2.14. The third-order valence-corrected chi connectivity index (χ3v) is 4.82. The van der Waals surface area contributed by atoms with Crippen molar-refractivity contribution in [1.82, 2.24) is 15.1 Å². The molecule has 0 bridgehead atoms. The predicted molar refractivity (Wildman–Crippen MR) is 104 cm³/mol. The van der Waals surface area contributed by atoms with E-state index in [1.807, 2.05) is 6.92 Å². The van der Waals surface area contributed by atoms with Crippen molar-refractivity contribution in [2.75, 3.05) is 0 Å². The van der Waals surface area contributed by atoms with Gasteiger partial charge in [0.15, 0.2) is 5.76 Å². The van der Waals surface area contributed by atoms with Gasteiger partial charge in [-0.1, -0.05) is 40.9 Å². The van der Waals surface area contributed by atoms with Crippen LogP contribution in [-0.4, -0.2) is 15.7 Å². The number of ether oxygens (including phenoxy) is 1. The van der Waals surface area contributed by atoms with Gasteiger partial charge in [-0.15, -0.1) is 0 Å². The quantitative estimate of drug-likeness (QED) is 0.577. The Morgan fingerprint density at radius 3 is 2.78 bits per heavy atom. The lowest BCUT2D eigenvalue weighted by molar-refractivity contribution is 0.0918. The largest absolute Gasteiger partial charge is 0.484 e.